The number of aryl methyl sites for hydroxylation is 1. The first-order valence-corrected chi connectivity index (χ1v) is 7.96. The fraction of sp³-hybridized carbons (Fsp3) is 0.235. The molecule has 0 radical (unpaired) electrons. The van der Waals surface area contributed by atoms with Crippen LogP contribution >= 0.6 is 27.5 Å². The number of ether oxygens (including phenoxy) is 1. The average Bonchev–Trinajstić information content (AvgIpc) is 2.90. The average molecular weight is 366 g/mol. The zero-order valence-corrected chi connectivity index (χ0v) is 13.9. The number of carbonyl (C=O) groups is 1. The lowest BCUT2D eigenvalue weighted by Crippen LogP contribution is -2.06. The van der Waals surface area contributed by atoms with Gasteiger partial charge in [0.25, 0.3) is 0 Å². The van der Waals surface area contributed by atoms with Gasteiger partial charge in [0, 0.05) is 33.5 Å². The van der Waals surface area contributed by atoms with E-state index in [9.17, 15) is 4.79 Å². The fourth-order valence-corrected chi connectivity index (χ4v) is 3.36. The molecule has 0 bridgehead atoms. The van der Waals surface area contributed by atoms with Crippen LogP contribution in [-0.4, -0.2) is 12.4 Å². The second-order valence-electron chi connectivity index (χ2n) is 5.19. The Bertz CT molecular complexity index is 725. The summed E-state index contributed by atoms with van der Waals surface area (Å²) >= 11 is 9.63. The number of fused-ring (bicyclic) bond motifs is 1. The summed E-state index contributed by atoms with van der Waals surface area (Å²) in [4.78, 5) is 12.6. The van der Waals surface area contributed by atoms with Gasteiger partial charge in [0.15, 0.2) is 5.78 Å². The minimum Gasteiger partial charge on any atom is -0.493 e. The first-order chi connectivity index (χ1) is 10.1. The number of carbonyl (C=O) groups excluding carboxylic acids is 1. The molecule has 2 aromatic carbocycles. The van der Waals surface area contributed by atoms with Gasteiger partial charge < -0.3 is 4.74 Å². The predicted molar refractivity (Wildman–Crippen MR) is 87.6 cm³/mol. The first kappa shape index (κ1) is 14.6. The molecule has 2 nitrogen and oxygen atoms in total. The molecule has 0 atom stereocenters. The van der Waals surface area contributed by atoms with Crippen LogP contribution in [-0.2, 0) is 12.8 Å². The van der Waals surface area contributed by atoms with E-state index in [-0.39, 0.29) is 5.78 Å². The van der Waals surface area contributed by atoms with Crippen molar-refractivity contribution < 1.29 is 9.53 Å². The summed E-state index contributed by atoms with van der Waals surface area (Å²) in [7, 11) is 0. The van der Waals surface area contributed by atoms with Crippen LogP contribution in [0.1, 0.15) is 27.0 Å². The van der Waals surface area contributed by atoms with E-state index in [4.69, 9.17) is 16.3 Å². The maximum absolute atomic E-state index is 12.6. The number of ketones is 1. The first-order valence-electron chi connectivity index (χ1n) is 6.78. The Morgan fingerprint density at radius 3 is 3.00 bits per heavy atom. The molecule has 2 aromatic rings. The van der Waals surface area contributed by atoms with Crippen LogP contribution in [0.25, 0.3) is 0 Å². The van der Waals surface area contributed by atoms with Crippen LogP contribution in [0.15, 0.2) is 34.8 Å². The molecule has 0 fully saturated rings. The van der Waals surface area contributed by atoms with Gasteiger partial charge in [-0.2, -0.15) is 0 Å². The quantitative estimate of drug-likeness (QED) is 0.732. The zero-order chi connectivity index (χ0) is 15.0. The lowest BCUT2D eigenvalue weighted by molar-refractivity contribution is 0.0991. The Kier molecular flexibility index (Phi) is 4.05. The Balaban J connectivity index is 1.94. The molecule has 0 aliphatic carbocycles. The molecule has 0 amide bonds. The molecule has 0 spiro atoms. The van der Waals surface area contributed by atoms with Crippen molar-refractivity contribution in [1.82, 2.24) is 0 Å². The zero-order valence-electron chi connectivity index (χ0n) is 11.6. The lowest BCUT2D eigenvalue weighted by atomic mass is 9.99. The van der Waals surface area contributed by atoms with E-state index in [1.165, 1.54) is 0 Å². The van der Waals surface area contributed by atoms with E-state index in [0.717, 1.165) is 33.3 Å². The van der Waals surface area contributed by atoms with Gasteiger partial charge in [-0.15, -0.1) is 0 Å². The normalized spacial score (nSPS) is 12.9. The maximum Gasteiger partial charge on any atom is 0.168 e. The number of rotatable bonds is 3. The largest absolute Gasteiger partial charge is 0.493 e. The Morgan fingerprint density at radius 2 is 2.19 bits per heavy atom. The number of benzene rings is 2. The summed E-state index contributed by atoms with van der Waals surface area (Å²) in [6.45, 7) is 2.63. The van der Waals surface area contributed by atoms with E-state index in [1.807, 2.05) is 37.3 Å². The highest BCUT2D eigenvalue weighted by atomic mass is 79.9. The molecular formula is C17H14BrClO2. The van der Waals surface area contributed by atoms with Crippen LogP contribution in [0, 0.1) is 6.92 Å². The standard InChI is InChI=1S/C17H14BrClO2/c1-10-3-2-4-14(16(10)18)15(20)9-12-8-13(19)7-11-5-6-21-17(11)12/h2-4,7-8H,5-6,9H2,1H3. The minimum absolute atomic E-state index is 0.0607. The molecule has 0 saturated carbocycles. The van der Waals surface area contributed by atoms with E-state index in [1.54, 1.807) is 0 Å². The van der Waals surface area contributed by atoms with Gasteiger partial charge in [-0.3, -0.25) is 4.79 Å². The van der Waals surface area contributed by atoms with E-state index >= 15 is 0 Å². The van der Waals surface area contributed by atoms with Crippen molar-refractivity contribution >= 4 is 33.3 Å². The third kappa shape index (κ3) is 2.85. The van der Waals surface area contributed by atoms with E-state index in [0.29, 0.717) is 23.6 Å². The highest BCUT2D eigenvalue weighted by molar-refractivity contribution is 9.10. The SMILES string of the molecule is Cc1cccc(C(=O)Cc2cc(Cl)cc3c2OCC3)c1Br. The highest BCUT2D eigenvalue weighted by Gasteiger charge is 2.20. The Labute approximate surface area is 137 Å². The smallest absolute Gasteiger partial charge is 0.168 e. The molecule has 0 unspecified atom stereocenters. The summed E-state index contributed by atoms with van der Waals surface area (Å²) < 4.78 is 6.51. The summed E-state index contributed by atoms with van der Waals surface area (Å²) in [5.74, 6) is 0.891. The third-order valence-corrected chi connectivity index (χ3v) is 4.94. The van der Waals surface area contributed by atoms with E-state index in [2.05, 4.69) is 15.9 Å². The predicted octanol–water partition coefficient (Wildman–Crippen LogP) is 4.77. The topological polar surface area (TPSA) is 26.3 Å². The monoisotopic (exact) mass is 364 g/mol. The number of hydrogen-bond donors (Lipinski definition) is 0. The summed E-state index contributed by atoms with van der Waals surface area (Å²) in [6.07, 6.45) is 1.15. The Hall–Kier alpha value is -1.32. The molecular weight excluding hydrogens is 352 g/mol. The molecule has 1 aliphatic rings. The van der Waals surface area contributed by atoms with Crippen molar-refractivity contribution in [2.24, 2.45) is 0 Å². The van der Waals surface area contributed by atoms with Gasteiger partial charge in [0.05, 0.1) is 6.61 Å². The molecule has 1 aliphatic heterocycles. The van der Waals surface area contributed by atoms with Crippen molar-refractivity contribution in [1.29, 1.82) is 0 Å². The number of halogens is 2. The van der Waals surface area contributed by atoms with Gasteiger partial charge in [0.1, 0.15) is 5.75 Å². The van der Waals surface area contributed by atoms with Gasteiger partial charge in [-0.25, -0.2) is 0 Å². The van der Waals surface area contributed by atoms with Crippen molar-refractivity contribution in [2.75, 3.05) is 6.61 Å². The minimum atomic E-state index is 0.0607. The van der Waals surface area contributed by atoms with Gasteiger partial charge in [-0.05, 0) is 46.1 Å². The van der Waals surface area contributed by atoms with Gasteiger partial charge >= 0.3 is 0 Å². The maximum atomic E-state index is 12.6. The van der Waals surface area contributed by atoms with Crippen molar-refractivity contribution in [2.45, 2.75) is 19.8 Å². The summed E-state index contributed by atoms with van der Waals surface area (Å²) in [6, 6.07) is 9.45. The molecule has 21 heavy (non-hydrogen) atoms. The van der Waals surface area contributed by atoms with Gasteiger partial charge in [-0.1, -0.05) is 29.8 Å². The number of Topliss-reactive ketones (excluding diaryl/α,β-unsaturated/α-hetero) is 1. The van der Waals surface area contributed by atoms with Crippen molar-refractivity contribution in [3.8, 4) is 5.75 Å². The molecule has 108 valence electrons. The van der Waals surface area contributed by atoms with Crippen molar-refractivity contribution in [3.05, 3.63) is 62.1 Å². The van der Waals surface area contributed by atoms with Crippen LogP contribution in [0.3, 0.4) is 0 Å². The molecule has 4 heteroatoms. The Morgan fingerprint density at radius 1 is 1.38 bits per heavy atom. The summed E-state index contributed by atoms with van der Waals surface area (Å²) in [5, 5.41) is 0.658. The van der Waals surface area contributed by atoms with Gasteiger partial charge in [0.2, 0.25) is 0 Å². The van der Waals surface area contributed by atoms with Crippen LogP contribution in [0.2, 0.25) is 5.02 Å². The van der Waals surface area contributed by atoms with Crippen LogP contribution in [0.4, 0.5) is 0 Å². The number of hydrogen-bond acceptors (Lipinski definition) is 2. The second-order valence-corrected chi connectivity index (χ2v) is 6.42. The second kappa shape index (κ2) is 5.82. The third-order valence-electron chi connectivity index (χ3n) is 3.67. The molecule has 0 aromatic heterocycles. The lowest BCUT2D eigenvalue weighted by Gasteiger charge is -2.10. The van der Waals surface area contributed by atoms with Crippen LogP contribution < -0.4 is 4.74 Å². The molecule has 3 rings (SSSR count). The van der Waals surface area contributed by atoms with Crippen molar-refractivity contribution in [3.63, 3.8) is 0 Å². The molecule has 0 saturated heterocycles. The van der Waals surface area contributed by atoms with Crippen LogP contribution in [0.5, 0.6) is 5.75 Å². The summed E-state index contributed by atoms with van der Waals surface area (Å²) in [5.41, 5.74) is 3.71. The van der Waals surface area contributed by atoms with E-state index < -0.39 is 0 Å². The highest BCUT2D eigenvalue weighted by Crippen LogP contribution is 2.34. The molecule has 0 N–H and O–H groups in total. The molecule has 1 heterocycles. The fourth-order valence-electron chi connectivity index (χ4n) is 2.61.